The summed E-state index contributed by atoms with van der Waals surface area (Å²) in [5, 5.41) is 5.63. The van der Waals surface area contributed by atoms with E-state index in [9.17, 15) is 9.70 Å². The maximum absolute atomic E-state index is 11.2. The summed E-state index contributed by atoms with van der Waals surface area (Å²) in [6.45, 7) is 4.58. The molecule has 1 rings (SSSR count). The summed E-state index contributed by atoms with van der Waals surface area (Å²) in [5.74, 6) is -0.274. The molecule has 0 aliphatic heterocycles. The first-order chi connectivity index (χ1) is 8.62. The highest BCUT2D eigenvalue weighted by atomic mass is 35.5. The molecular weight excluding hydrogens is 254 g/mol. The molecule has 1 aromatic carbocycles. The van der Waals surface area contributed by atoms with Crippen LogP contribution in [0.5, 0.6) is 0 Å². The smallest absolute Gasteiger partial charge is 0.236 e. The molecule has 18 heavy (non-hydrogen) atoms. The van der Waals surface area contributed by atoms with Crippen LogP contribution in [0, 0.1) is 4.91 Å². The Morgan fingerprint density at radius 1 is 1.44 bits per heavy atom. The van der Waals surface area contributed by atoms with Crippen molar-refractivity contribution >= 4 is 28.9 Å². The summed E-state index contributed by atoms with van der Waals surface area (Å²) in [6.07, 6.45) is -0.170. The largest absolute Gasteiger partial charge is 0.352 e. The Morgan fingerprint density at radius 2 is 2.06 bits per heavy atom. The van der Waals surface area contributed by atoms with Gasteiger partial charge in [0.2, 0.25) is 5.91 Å². The fourth-order valence-corrected chi connectivity index (χ4v) is 1.81. The van der Waals surface area contributed by atoms with E-state index >= 15 is 0 Å². The second kappa shape index (κ2) is 6.96. The van der Waals surface area contributed by atoms with Gasteiger partial charge >= 0.3 is 0 Å². The van der Waals surface area contributed by atoms with Crippen LogP contribution in [0.25, 0.3) is 0 Å². The molecule has 1 N–H and O–H groups in total. The van der Waals surface area contributed by atoms with Crippen LogP contribution in [0.4, 0.5) is 11.4 Å². The summed E-state index contributed by atoms with van der Waals surface area (Å²) < 4.78 is 0. The Labute approximate surface area is 111 Å². The molecule has 1 unspecified atom stereocenters. The third-order valence-electron chi connectivity index (χ3n) is 2.59. The summed E-state index contributed by atoms with van der Waals surface area (Å²) in [4.78, 5) is 23.6. The van der Waals surface area contributed by atoms with Gasteiger partial charge in [-0.2, -0.15) is 0 Å². The van der Waals surface area contributed by atoms with E-state index in [1.807, 2.05) is 18.7 Å². The predicted molar refractivity (Wildman–Crippen MR) is 73.2 cm³/mol. The molecule has 1 amide bonds. The molecule has 0 aliphatic rings. The summed E-state index contributed by atoms with van der Waals surface area (Å²) in [5.41, 5.74) is 1.29. The standard InChI is InChI=1S/C12H16ClN3O2/c1-3-16(9(2)14-12(17)8-13)11-6-4-10(15-18)5-7-11/h4-7,9H,3,8H2,1-2H3,(H,14,17). The lowest BCUT2D eigenvalue weighted by molar-refractivity contribution is -0.119. The molecule has 98 valence electrons. The van der Waals surface area contributed by atoms with Gasteiger partial charge in [-0.25, -0.2) is 0 Å². The first kappa shape index (κ1) is 14.4. The molecule has 0 radical (unpaired) electrons. The average Bonchev–Trinajstić information content (AvgIpc) is 2.40. The molecule has 5 nitrogen and oxygen atoms in total. The molecule has 0 fully saturated rings. The van der Waals surface area contributed by atoms with Crippen molar-refractivity contribution in [3.8, 4) is 0 Å². The third-order valence-corrected chi connectivity index (χ3v) is 2.83. The minimum atomic E-state index is -0.214. The number of nitroso groups, excluding NO2 is 1. The van der Waals surface area contributed by atoms with Crippen molar-refractivity contribution in [3.63, 3.8) is 0 Å². The van der Waals surface area contributed by atoms with E-state index in [0.717, 1.165) is 12.2 Å². The van der Waals surface area contributed by atoms with E-state index in [2.05, 4.69) is 10.5 Å². The molecule has 1 atom stereocenters. The molecule has 0 saturated carbocycles. The Balaban J connectivity index is 2.80. The van der Waals surface area contributed by atoms with E-state index < -0.39 is 0 Å². The van der Waals surface area contributed by atoms with Gasteiger partial charge in [-0.05, 0) is 43.3 Å². The third kappa shape index (κ3) is 3.70. The van der Waals surface area contributed by atoms with E-state index in [-0.39, 0.29) is 18.0 Å². The highest BCUT2D eigenvalue weighted by Gasteiger charge is 2.14. The number of anilines is 1. The van der Waals surface area contributed by atoms with Crippen LogP contribution in [0.15, 0.2) is 29.4 Å². The summed E-state index contributed by atoms with van der Waals surface area (Å²) in [6, 6.07) is 6.87. The van der Waals surface area contributed by atoms with Gasteiger partial charge in [-0.3, -0.25) is 4.79 Å². The fraction of sp³-hybridized carbons (Fsp3) is 0.417. The van der Waals surface area contributed by atoms with Crippen molar-refractivity contribution < 1.29 is 4.79 Å². The topological polar surface area (TPSA) is 61.8 Å². The number of carbonyl (C=O) groups is 1. The molecule has 0 aromatic heterocycles. The normalized spacial score (nSPS) is 11.7. The van der Waals surface area contributed by atoms with Crippen molar-refractivity contribution in [1.29, 1.82) is 0 Å². The van der Waals surface area contributed by atoms with Crippen LogP contribution in [0.2, 0.25) is 0 Å². The number of carbonyl (C=O) groups excluding carboxylic acids is 1. The van der Waals surface area contributed by atoms with Crippen LogP contribution < -0.4 is 10.2 Å². The van der Waals surface area contributed by atoms with Gasteiger partial charge in [-0.1, -0.05) is 0 Å². The lowest BCUT2D eigenvalue weighted by atomic mass is 10.2. The van der Waals surface area contributed by atoms with Crippen LogP contribution in [0.3, 0.4) is 0 Å². The average molecular weight is 270 g/mol. The van der Waals surface area contributed by atoms with Crippen molar-refractivity contribution in [2.45, 2.75) is 20.0 Å². The maximum Gasteiger partial charge on any atom is 0.236 e. The van der Waals surface area contributed by atoms with Crippen molar-refractivity contribution in [2.75, 3.05) is 17.3 Å². The lowest BCUT2D eigenvalue weighted by Gasteiger charge is -2.30. The van der Waals surface area contributed by atoms with Crippen molar-refractivity contribution in [1.82, 2.24) is 5.32 Å². The van der Waals surface area contributed by atoms with Crippen LogP contribution >= 0.6 is 11.6 Å². The number of nitrogens with zero attached hydrogens (tertiary/aromatic N) is 2. The van der Waals surface area contributed by atoms with E-state index in [1.165, 1.54) is 0 Å². The minimum Gasteiger partial charge on any atom is -0.352 e. The second-order valence-electron chi connectivity index (χ2n) is 3.77. The first-order valence-corrected chi connectivity index (χ1v) is 6.21. The number of hydrogen-bond donors (Lipinski definition) is 1. The summed E-state index contributed by atoms with van der Waals surface area (Å²) in [7, 11) is 0. The first-order valence-electron chi connectivity index (χ1n) is 5.67. The van der Waals surface area contributed by atoms with Crippen LogP contribution in [-0.2, 0) is 4.79 Å². The Morgan fingerprint density at radius 3 is 2.50 bits per heavy atom. The van der Waals surface area contributed by atoms with Crippen LogP contribution in [-0.4, -0.2) is 24.5 Å². The number of hydrogen-bond acceptors (Lipinski definition) is 4. The molecule has 1 aromatic rings. The van der Waals surface area contributed by atoms with Gasteiger partial charge in [-0.15, -0.1) is 16.5 Å². The Hall–Kier alpha value is -1.62. The zero-order valence-electron chi connectivity index (χ0n) is 10.4. The van der Waals surface area contributed by atoms with Gasteiger partial charge in [0.15, 0.2) is 0 Å². The van der Waals surface area contributed by atoms with Gasteiger partial charge in [0.1, 0.15) is 11.6 Å². The number of halogens is 1. The molecular formula is C12H16ClN3O2. The molecule has 0 heterocycles. The predicted octanol–water partition coefficient (Wildman–Crippen LogP) is 2.61. The number of amides is 1. The van der Waals surface area contributed by atoms with Gasteiger partial charge < -0.3 is 10.2 Å². The molecule has 0 spiro atoms. The Bertz CT molecular complexity index is 408. The minimum absolute atomic E-state index is 0.0596. The quantitative estimate of drug-likeness (QED) is 0.491. The van der Waals surface area contributed by atoms with E-state index in [0.29, 0.717) is 5.69 Å². The van der Waals surface area contributed by atoms with E-state index in [1.54, 1.807) is 24.3 Å². The Kier molecular flexibility index (Phi) is 5.58. The zero-order valence-corrected chi connectivity index (χ0v) is 11.1. The lowest BCUT2D eigenvalue weighted by Crippen LogP contribution is -2.46. The molecule has 6 heteroatoms. The number of benzene rings is 1. The van der Waals surface area contributed by atoms with E-state index in [4.69, 9.17) is 11.6 Å². The maximum atomic E-state index is 11.2. The van der Waals surface area contributed by atoms with Crippen molar-refractivity contribution in [3.05, 3.63) is 29.2 Å². The number of alkyl halides is 1. The van der Waals surface area contributed by atoms with Gasteiger partial charge in [0.05, 0.1) is 6.17 Å². The van der Waals surface area contributed by atoms with Crippen LogP contribution in [0.1, 0.15) is 13.8 Å². The monoisotopic (exact) mass is 269 g/mol. The fourth-order valence-electron chi connectivity index (χ4n) is 1.73. The molecule has 0 bridgehead atoms. The van der Waals surface area contributed by atoms with Crippen molar-refractivity contribution in [2.24, 2.45) is 5.18 Å². The summed E-state index contributed by atoms with van der Waals surface area (Å²) >= 11 is 5.45. The second-order valence-corrected chi connectivity index (χ2v) is 4.04. The molecule has 0 aliphatic carbocycles. The number of nitrogens with one attached hydrogen (secondary N) is 1. The molecule has 0 saturated heterocycles. The zero-order chi connectivity index (χ0) is 13.5. The van der Waals surface area contributed by atoms with Gasteiger partial charge in [0.25, 0.3) is 0 Å². The van der Waals surface area contributed by atoms with Gasteiger partial charge in [0, 0.05) is 12.2 Å². The highest BCUT2D eigenvalue weighted by molar-refractivity contribution is 6.27. The SMILES string of the molecule is CCN(c1ccc(N=O)cc1)C(C)NC(=O)CCl. The highest BCUT2D eigenvalue weighted by Crippen LogP contribution is 2.20. The number of rotatable bonds is 6.